The molecule has 0 unspecified atom stereocenters. The third-order valence-electron chi connectivity index (χ3n) is 2.77. The normalized spacial score (nSPS) is 12.2. The Kier molecular flexibility index (Phi) is 2.41. The van der Waals surface area contributed by atoms with E-state index >= 15 is 0 Å². The minimum Gasteiger partial charge on any atom is -0.624 e. The maximum Gasteiger partial charge on any atom is 0.200 e. The quantitative estimate of drug-likeness (QED) is 0.214. The van der Waals surface area contributed by atoms with Gasteiger partial charge in [0.05, 0.1) is 11.0 Å². The van der Waals surface area contributed by atoms with Crippen LogP contribution in [-0.4, -0.2) is 28.0 Å². The largest absolute Gasteiger partial charge is 0.624 e. The van der Waals surface area contributed by atoms with Gasteiger partial charge in [0.2, 0.25) is 0 Å². The van der Waals surface area contributed by atoms with Gasteiger partial charge in [-0.3, -0.25) is 4.98 Å². The van der Waals surface area contributed by atoms with E-state index in [1.165, 1.54) is 13.3 Å². The first-order valence-corrected chi connectivity index (χ1v) is 5.63. The molecular weight excluding hydrogens is 226 g/mol. The maximum absolute atomic E-state index is 11.0. The molecule has 0 aliphatic heterocycles. The lowest BCUT2D eigenvalue weighted by molar-refractivity contribution is -0.416. The molecule has 0 amide bonds. The van der Waals surface area contributed by atoms with Gasteiger partial charge in [-0.05, 0) is 12.1 Å². The lowest BCUT2D eigenvalue weighted by atomic mass is 10.1. The molecule has 4 heteroatoms. The monoisotopic (exact) mass is 237 g/mol. The number of pyridine rings is 2. The second kappa shape index (κ2) is 4.07. The Morgan fingerprint density at radius 2 is 1.78 bits per heavy atom. The molecule has 0 atom stereocenters. The van der Waals surface area contributed by atoms with Gasteiger partial charge in [0.1, 0.15) is 12.7 Å². The first-order valence-electron chi connectivity index (χ1n) is 5.63. The molecule has 18 heavy (non-hydrogen) atoms. The average molecular weight is 237 g/mol. The van der Waals surface area contributed by atoms with Gasteiger partial charge in [0, 0.05) is 17.0 Å². The van der Waals surface area contributed by atoms with Gasteiger partial charge in [0.15, 0.2) is 6.21 Å². The van der Waals surface area contributed by atoms with Crippen molar-refractivity contribution < 1.29 is 4.74 Å². The van der Waals surface area contributed by atoms with Crippen molar-refractivity contribution in [3.05, 3.63) is 53.5 Å². The van der Waals surface area contributed by atoms with Gasteiger partial charge in [-0.15, -0.1) is 0 Å². The number of fused-ring (bicyclic) bond motifs is 3. The van der Waals surface area contributed by atoms with Crippen LogP contribution in [0.1, 0.15) is 5.69 Å². The molecule has 3 rings (SSSR count). The molecule has 0 bridgehead atoms. The number of nitrogens with zero attached hydrogens (tertiary/aromatic N) is 3. The van der Waals surface area contributed by atoms with Crippen LogP contribution in [0.3, 0.4) is 0 Å². The molecule has 0 spiro atoms. The van der Waals surface area contributed by atoms with E-state index in [9.17, 15) is 5.21 Å². The second-order valence-corrected chi connectivity index (χ2v) is 4.12. The Labute approximate surface area is 104 Å². The Balaban J connectivity index is 2.37. The summed E-state index contributed by atoms with van der Waals surface area (Å²) in [6.07, 6.45) is 3.20. The second-order valence-electron chi connectivity index (χ2n) is 4.12. The number of hydrogen-bond donors (Lipinski definition) is 0. The van der Waals surface area contributed by atoms with E-state index in [0.29, 0.717) is 5.69 Å². The van der Waals surface area contributed by atoms with Gasteiger partial charge in [-0.25, -0.2) is 9.72 Å². The summed E-state index contributed by atoms with van der Waals surface area (Å²) in [5.41, 5.74) is 2.32. The molecule has 3 aromatic rings. The highest BCUT2D eigenvalue weighted by Gasteiger charge is 2.04. The first-order chi connectivity index (χ1) is 8.74. The standard InChI is InChI=1S/C14H11N3O/c1-17(18)9-12-7-6-11-5-4-10-3-2-8-15-13(10)14(11)16-12/h2-9H,1H3. The lowest BCUT2D eigenvalue weighted by Crippen LogP contribution is -2.00. The van der Waals surface area contributed by atoms with Crippen molar-refractivity contribution in [2.24, 2.45) is 0 Å². The minimum atomic E-state index is 0.637. The van der Waals surface area contributed by atoms with Gasteiger partial charge < -0.3 is 5.21 Å². The topological polar surface area (TPSA) is 51.9 Å². The molecule has 0 fully saturated rings. The average Bonchev–Trinajstić information content (AvgIpc) is 2.38. The number of rotatable bonds is 1. The summed E-state index contributed by atoms with van der Waals surface area (Å²) in [5, 5.41) is 13.1. The van der Waals surface area contributed by atoms with E-state index in [1.54, 1.807) is 6.20 Å². The summed E-state index contributed by atoms with van der Waals surface area (Å²) in [5.74, 6) is 0. The molecule has 0 saturated carbocycles. The van der Waals surface area contributed by atoms with Gasteiger partial charge in [0.25, 0.3) is 0 Å². The zero-order valence-electron chi connectivity index (χ0n) is 9.87. The summed E-state index contributed by atoms with van der Waals surface area (Å²) in [4.78, 5) is 8.85. The highest BCUT2D eigenvalue weighted by molar-refractivity contribution is 6.03. The van der Waals surface area contributed by atoms with Crippen LogP contribution in [0, 0.1) is 5.21 Å². The molecule has 0 saturated heterocycles. The minimum absolute atomic E-state index is 0.637. The van der Waals surface area contributed by atoms with Gasteiger partial charge in [-0.1, -0.05) is 24.3 Å². The van der Waals surface area contributed by atoms with Gasteiger partial charge >= 0.3 is 0 Å². The summed E-state index contributed by atoms with van der Waals surface area (Å²) >= 11 is 0. The van der Waals surface area contributed by atoms with Crippen molar-refractivity contribution >= 4 is 28.0 Å². The Morgan fingerprint density at radius 1 is 1.06 bits per heavy atom. The molecule has 0 N–H and O–H groups in total. The molecule has 2 aromatic heterocycles. The zero-order valence-corrected chi connectivity index (χ0v) is 9.87. The molecule has 0 aliphatic rings. The van der Waals surface area contributed by atoms with E-state index < -0.39 is 0 Å². The lowest BCUT2D eigenvalue weighted by Gasteiger charge is -2.03. The number of hydroxylamine groups is 1. The Hall–Kier alpha value is -2.49. The van der Waals surface area contributed by atoms with Gasteiger partial charge in [-0.2, -0.15) is 0 Å². The molecule has 2 heterocycles. The van der Waals surface area contributed by atoms with Crippen LogP contribution < -0.4 is 0 Å². The van der Waals surface area contributed by atoms with Crippen molar-refractivity contribution in [1.82, 2.24) is 9.97 Å². The third kappa shape index (κ3) is 1.78. The molecule has 0 aliphatic carbocycles. The fourth-order valence-electron chi connectivity index (χ4n) is 2.00. The number of hydrogen-bond acceptors (Lipinski definition) is 3. The van der Waals surface area contributed by atoms with Crippen LogP contribution in [0.15, 0.2) is 42.6 Å². The van der Waals surface area contributed by atoms with Crippen LogP contribution in [-0.2, 0) is 0 Å². The van der Waals surface area contributed by atoms with Crippen molar-refractivity contribution in [2.75, 3.05) is 7.05 Å². The van der Waals surface area contributed by atoms with Crippen LogP contribution >= 0.6 is 0 Å². The summed E-state index contributed by atoms with van der Waals surface area (Å²) in [6, 6.07) is 11.7. The fraction of sp³-hybridized carbons (Fsp3) is 0.0714. The first kappa shape index (κ1) is 10.7. The Morgan fingerprint density at radius 3 is 2.56 bits per heavy atom. The van der Waals surface area contributed by atoms with Crippen molar-refractivity contribution in [3.8, 4) is 0 Å². The van der Waals surface area contributed by atoms with Crippen LogP contribution in [0.25, 0.3) is 21.8 Å². The van der Waals surface area contributed by atoms with Crippen LogP contribution in [0.5, 0.6) is 0 Å². The molecular formula is C14H11N3O. The molecule has 4 nitrogen and oxygen atoms in total. The van der Waals surface area contributed by atoms with Crippen LogP contribution in [0.2, 0.25) is 0 Å². The maximum atomic E-state index is 11.0. The predicted molar refractivity (Wildman–Crippen MR) is 71.8 cm³/mol. The molecule has 1 aromatic carbocycles. The summed E-state index contributed by atoms with van der Waals surface area (Å²) in [6.45, 7) is 0. The highest BCUT2D eigenvalue weighted by atomic mass is 16.5. The summed E-state index contributed by atoms with van der Waals surface area (Å²) < 4.78 is 0.743. The third-order valence-corrected chi connectivity index (χ3v) is 2.77. The van der Waals surface area contributed by atoms with E-state index in [4.69, 9.17) is 0 Å². The van der Waals surface area contributed by atoms with E-state index in [2.05, 4.69) is 9.97 Å². The van der Waals surface area contributed by atoms with E-state index in [1.807, 2.05) is 36.4 Å². The van der Waals surface area contributed by atoms with Crippen LogP contribution in [0.4, 0.5) is 0 Å². The smallest absolute Gasteiger partial charge is 0.200 e. The Bertz CT molecular complexity index is 761. The predicted octanol–water partition coefficient (Wildman–Crippen LogP) is 2.34. The number of aromatic nitrogens is 2. The van der Waals surface area contributed by atoms with E-state index in [0.717, 1.165) is 26.5 Å². The zero-order chi connectivity index (χ0) is 12.5. The van der Waals surface area contributed by atoms with E-state index in [-0.39, 0.29) is 0 Å². The fourth-order valence-corrected chi connectivity index (χ4v) is 2.00. The highest BCUT2D eigenvalue weighted by Crippen LogP contribution is 2.21. The molecule has 0 radical (unpaired) electrons. The SMILES string of the molecule is C[N+]([O-])=Cc1ccc2ccc3cccnc3c2n1. The molecule has 88 valence electrons. The van der Waals surface area contributed by atoms with Crippen molar-refractivity contribution in [2.45, 2.75) is 0 Å². The van der Waals surface area contributed by atoms with Crippen molar-refractivity contribution in [3.63, 3.8) is 0 Å². The number of benzene rings is 1. The summed E-state index contributed by atoms with van der Waals surface area (Å²) in [7, 11) is 1.44. The van der Waals surface area contributed by atoms with Crippen molar-refractivity contribution in [1.29, 1.82) is 0 Å².